The second kappa shape index (κ2) is 12.3. The maximum absolute atomic E-state index is 12.1. The van der Waals surface area contributed by atoms with Gasteiger partial charge in [0.05, 0.1) is 20.3 Å². The number of aryl methyl sites for hydroxylation is 3. The average molecular weight is 443 g/mol. The van der Waals surface area contributed by atoms with E-state index in [4.69, 9.17) is 14.2 Å². The van der Waals surface area contributed by atoms with Crippen molar-refractivity contribution >= 4 is 23.5 Å². The highest BCUT2D eigenvalue weighted by molar-refractivity contribution is 5.96. The average Bonchev–Trinajstić information content (AvgIpc) is 2.76. The van der Waals surface area contributed by atoms with Gasteiger partial charge in [0.25, 0.3) is 5.91 Å². The number of methoxy groups -OCH3 is 1. The van der Waals surface area contributed by atoms with Crippen molar-refractivity contribution < 1.29 is 28.6 Å². The summed E-state index contributed by atoms with van der Waals surface area (Å²) in [5, 5.41) is 5.24. The number of ether oxygens (including phenoxy) is 3. The summed E-state index contributed by atoms with van der Waals surface area (Å²) in [6.07, 6.45) is 0.569. The maximum Gasteiger partial charge on any atom is 0.306 e. The summed E-state index contributed by atoms with van der Waals surface area (Å²) in [7, 11) is 1.59. The first kappa shape index (κ1) is 24.7. The molecule has 0 saturated carbocycles. The second-order valence-electron chi connectivity index (χ2n) is 7.39. The molecule has 0 aromatic heterocycles. The van der Waals surface area contributed by atoms with E-state index in [1.165, 1.54) is 0 Å². The molecule has 2 rings (SSSR count). The van der Waals surface area contributed by atoms with E-state index in [1.807, 2.05) is 32.9 Å². The van der Waals surface area contributed by atoms with Gasteiger partial charge in [-0.2, -0.15) is 0 Å². The van der Waals surface area contributed by atoms with Gasteiger partial charge in [-0.25, -0.2) is 0 Å². The van der Waals surface area contributed by atoms with Crippen molar-refractivity contribution in [3.05, 3.63) is 53.1 Å². The fraction of sp³-hybridized carbons (Fsp3) is 0.375. The van der Waals surface area contributed by atoms with Crippen molar-refractivity contribution in [3.8, 4) is 11.5 Å². The molecule has 0 aliphatic heterocycles. The van der Waals surface area contributed by atoms with Gasteiger partial charge in [-0.05, 0) is 62.6 Å². The lowest BCUT2D eigenvalue weighted by atomic mass is 10.1. The molecule has 0 saturated heterocycles. The number of nitrogens with one attached hydrogen (secondary N) is 2. The topological polar surface area (TPSA) is 103 Å². The van der Waals surface area contributed by atoms with Crippen LogP contribution in [0.2, 0.25) is 0 Å². The lowest BCUT2D eigenvalue weighted by molar-refractivity contribution is -0.148. The van der Waals surface area contributed by atoms with Crippen LogP contribution in [0.4, 0.5) is 5.69 Å². The number of carbonyl (C=O) groups excluding carboxylic acids is 3. The van der Waals surface area contributed by atoms with E-state index in [1.54, 1.807) is 31.4 Å². The Morgan fingerprint density at radius 2 is 1.53 bits per heavy atom. The van der Waals surface area contributed by atoms with E-state index in [0.717, 1.165) is 28.1 Å². The predicted octanol–water partition coefficient (Wildman–Crippen LogP) is 3.08. The quantitative estimate of drug-likeness (QED) is 0.410. The molecule has 32 heavy (non-hydrogen) atoms. The number of hydrogen-bond donors (Lipinski definition) is 2. The van der Waals surface area contributed by atoms with E-state index < -0.39 is 18.5 Å². The zero-order valence-electron chi connectivity index (χ0n) is 18.9. The number of anilines is 1. The first-order chi connectivity index (χ1) is 15.3. The maximum atomic E-state index is 12.1. The van der Waals surface area contributed by atoms with E-state index in [0.29, 0.717) is 18.8 Å². The van der Waals surface area contributed by atoms with Crippen molar-refractivity contribution in [1.29, 1.82) is 0 Å². The van der Waals surface area contributed by atoms with Gasteiger partial charge in [0, 0.05) is 12.1 Å². The molecule has 0 aliphatic carbocycles. The molecular weight excluding hydrogens is 412 g/mol. The van der Waals surface area contributed by atoms with Crippen LogP contribution in [-0.2, 0) is 19.1 Å². The van der Waals surface area contributed by atoms with Gasteiger partial charge in [0.15, 0.2) is 6.61 Å². The smallest absolute Gasteiger partial charge is 0.306 e. The Labute approximate surface area is 188 Å². The first-order valence-corrected chi connectivity index (χ1v) is 10.4. The van der Waals surface area contributed by atoms with Crippen LogP contribution in [0, 0.1) is 20.8 Å². The van der Waals surface area contributed by atoms with Crippen molar-refractivity contribution in [2.75, 3.05) is 32.2 Å². The molecule has 0 unspecified atom stereocenters. The largest absolute Gasteiger partial charge is 0.497 e. The minimum Gasteiger partial charge on any atom is -0.497 e. The Morgan fingerprint density at radius 1 is 0.906 bits per heavy atom. The van der Waals surface area contributed by atoms with Crippen LogP contribution < -0.4 is 20.1 Å². The van der Waals surface area contributed by atoms with Crippen molar-refractivity contribution in [1.82, 2.24) is 5.32 Å². The van der Waals surface area contributed by atoms with Gasteiger partial charge in [0.2, 0.25) is 5.91 Å². The normalized spacial score (nSPS) is 10.2. The summed E-state index contributed by atoms with van der Waals surface area (Å²) in [4.78, 5) is 35.7. The van der Waals surface area contributed by atoms with Crippen molar-refractivity contribution in [2.45, 2.75) is 33.6 Å². The Morgan fingerprint density at radius 3 is 2.16 bits per heavy atom. The summed E-state index contributed by atoms with van der Waals surface area (Å²) in [6, 6.07) is 11.1. The van der Waals surface area contributed by atoms with Crippen LogP contribution in [0.1, 0.15) is 29.5 Å². The highest BCUT2D eigenvalue weighted by Gasteiger charge is 2.11. The van der Waals surface area contributed by atoms with Crippen LogP contribution in [0.5, 0.6) is 11.5 Å². The molecule has 0 bridgehead atoms. The highest BCUT2D eigenvalue weighted by Crippen LogP contribution is 2.21. The minimum atomic E-state index is -0.541. The van der Waals surface area contributed by atoms with Crippen LogP contribution in [0.3, 0.4) is 0 Å². The monoisotopic (exact) mass is 442 g/mol. The molecule has 0 spiro atoms. The van der Waals surface area contributed by atoms with Gasteiger partial charge < -0.3 is 24.8 Å². The zero-order chi connectivity index (χ0) is 23.5. The summed E-state index contributed by atoms with van der Waals surface area (Å²) in [5.41, 5.74) is 3.75. The molecule has 8 nitrogen and oxygen atoms in total. The third kappa shape index (κ3) is 8.29. The first-order valence-electron chi connectivity index (χ1n) is 10.4. The molecule has 0 heterocycles. The predicted molar refractivity (Wildman–Crippen MR) is 121 cm³/mol. The Bertz CT molecular complexity index is 917. The molecule has 0 atom stereocenters. The van der Waals surface area contributed by atoms with E-state index in [2.05, 4.69) is 10.6 Å². The van der Waals surface area contributed by atoms with Gasteiger partial charge in [-0.3, -0.25) is 14.4 Å². The Balaban J connectivity index is 1.60. The molecule has 8 heteroatoms. The number of rotatable bonds is 11. The van der Waals surface area contributed by atoms with Gasteiger partial charge in [-0.1, -0.05) is 17.7 Å². The molecule has 172 valence electrons. The molecule has 2 N–H and O–H groups in total. The van der Waals surface area contributed by atoms with Gasteiger partial charge in [-0.15, -0.1) is 0 Å². The fourth-order valence-electron chi connectivity index (χ4n) is 3.09. The summed E-state index contributed by atoms with van der Waals surface area (Å²) in [5.74, 6) is 0.00879. The molecule has 0 aliphatic rings. The SMILES string of the molecule is COc1ccc(OCCCC(=O)OCC(=O)NCC(=O)Nc2c(C)cc(C)cc2C)cc1. The standard InChI is InChI=1S/C24H30N2O6/c1-16-12-17(2)24(18(3)13-16)26-21(27)14-25-22(28)15-32-23(29)6-5-11-31-20-9-7-19(30-4)8-10-20/h7-10,12-13H,5-6,11,14-15H2,1-4H3,(H,25,28)(H,26,27). The van der Waals surface area contributed by atoms with E-state index in [-0.39, 0.29) is 18.9 Å². The fourth-order valence-corrected chi connectivity index (χ4v) is 3.09. The van der Waals surface area contributed by atoms with Crippen molar-refractivity contribution in [3.63, 3.8) is 0 Å². The molecule has 2 aromatic rings. The summed E-state index contributed by atoms with van der Waals surface area (Å²) in [6.45, 7) is 5.50. The molecule has 2 amide bonds. The van der Waals surface area contributed by atoms with Crippen LogP contribution in [0.25, 0.3) is 0 Å². The van der Waals surface area contributed by atoms with Crippen molar-refractivity contribution in [2.24, 2.45) is 0 Å². The number of amides is 2. The van der Waals surface area contributed by atoms with E-state index in [9.17, 15) is 14.4 Å². The lowest BCUT2D eigenvalue weighted by Crippen LogP contribution is -2.35. The molecular formula is C24H30N2O6. The van der Waals surface area contributed by atoms with Crippen LogP contribution in [0.15, 0.2) is 36.4 Å². The third-order valence-corrected chi connectivity index (χ3v) is 4.61. The van der Waals surface area contributed by atoms with Crippen LogP contribution in [-0.4, -0.2) is 44.7 Å². The summed E-state index contributed by atoms with van der Waals surface area (Å²) < 4.78 is 15.5. The third-order valence-electron chi connectivity index (χ3n) is 4.61. The Kier molecular flexibility index (Phi) is 9.53. The van der Waals surface area contributed by atoms with E-state index >= 15 is 0 Å². The molecule has 0 radical (unpaired) electrons. The number of esters is 1. The number of benzene rings is 2. The molecule has 0 fully saturated rings. The van der Waals surface area contributed by atoms with Gasteiger partial charge >= 0.3 is 5.97 Å². The summed E-state index contributed by atoms with van der Waals surface area (Å²) >= 11 is 0. The Hall–Kier alpha value is -3.55. The molecule has 2 aromatic carbocycles. The number of hydrogen-bond acceptors (Lipinski definition) is 6. The lowest BCUT2D eigenvalue weighted by Gasteiger charge is -2.13. The zero-order valence-corrected chi connectivity index (χ0v) is 18.9. The van der Waals surface area contributed by atoms with Crippen LogP contribution >= 0.6 is 0 Å². The highest BCUT2D eigenvalue weighted by atomic mass is 16.5. The number of carbonyl (C=O) groups is 3. The minimum absolute atomic E-state index is 0.121. The van der Waals surface area contributed by atoms with Gasteiger partial charge in [0.1, 0.15) is 11.5 Å². The second-order valence-corrected chi connectivity index (χ2v) is 7.39.